The minimum atomic E-state index is -3.38. The molecule has 1 aromatic carbocycles. The molecule has 0 N–H and O–H groups in total. The minimum Gasteiger partial charge on any atom is -0.477 e. The highest BCUT2D eigenvalue weighted by atomic mass is 32.2. The van der Waals surface area contributed by atoms with Crippen LogP contribution in [0, 0.1) is 6.92 Å². The molecule has 0 amide bonds. The Morgan fingerprint density at radius 3 is 2.52 bits per heavy atom. The van der Waals surface area contributed by atoms with E-state index in [0.717, 1.165) is 11.1 Å². The van der Waals surface area contributed by atoms with E-state index in [4.69, 9.17) is 9.47 Å². The monoisotopic (exact) mass is 363 g/mol. The Kier molecular flexibility index (Phi) is 5.19. The molecule has 25 heavy (non-hydrogen) atoms. The number of hydrogen-bond acceptors (Lipinski definition) is 6. The Morgan fingerprint density at radius 1 is 1.16 bits per heavy atom. The molecule has 0 aliphatic carbocycles. The molecular formula is C17H21N3O4S. The molecule has 7 nitrogen and oxygen atoms in total. The number of ether oxygens (including phenoxy) is 2. The molecule has 2 heterocycles. The van der Waals surface area contributed by atoms with Crippen LogP contribution in [0.1, 0.15) is 17.5 Å². The van der Waals surface area contributed by atoms with Crippen molar-refractivity contribution in [3.8, 4) is 11.8 Å². The highest BCUT2D eigenvalue weighted by molar-refractivity contribution is 7.88. The maximum atomic E-state index is 12.6. The summed E-state index contributed by atoms with van der Waals surface area (Å²) in [6.45, 7) is 2.71. The molecule has 1 fully saturated rings. The first-order chi connectivity index (χ1) is 12.0. The van der Waals surface area contributed by atoms with Gasteiger partial charge >= 0.3 is 0 Å². The van der Waals surface area contributed by atoms with Crippen LogP contribution in [0.4, 0.5) is 0 Å². The van der Waals surface area contributed by atoms with E-state index in [1.807, 2.05) is 31.2 Å². The summed E-state index contributed by atoms with van der Waals surface area (Å²) in [4.78, 5) is 8.13. The van der Waals surface area contributed by atoms with Gasteiger partial charge in [-0.2, -0.15) is 4.31 Å². The van der Waals surface area contributed by atoms with E-state index in [1.165, 1.54) is 23.8 Å². The van der Waals surface area contributed by atoms with Crippen molar-refractivity contribution in [1.29, 1.82) is 0 Å². The van der Waals surface area contributed by atoms with E-state index >= 15 is 0 Å². The van der Waals surface area contributed by atoms with Gasteiger partial charge < -0.3 is 9.47 Å². The van der Waals surface area contributed by atoms with Crippen LogP contribution >= 0.6 is 0 Å². The second kappa shape index (κ2) is 7.37. The summed E-state index contributed by atoms with van der Waals surface area (Å²) in [7, 11) is -1.89. The zero-order valence-corrected chi connectivity index (χ0v) is 15.1. The zero-order valence-electron chi connectivity index (χ0n) is 14.3. The minimum absolute atomic E-state index is 0.00549. The van der Waals surface area contributed by atoms with Gasteiger partial charge in [-0.15, -0.1) is 0 Å². The fourth-order valence-electron chi connectivity index (χ4n) is 2.72. The third-order valence-electron chi connectivity index (χ3n) is 4.08. The van der Waals surface area contributed by atoms with Crippen molar-refractivity contribution in [2.24, 2.45) is 0 Å². The first-order valence-electron chi connectivity index (χ1n) is 8.03. The van der Waals surface area contributed by atoms with Gasteiger partial charge in [0.2, 0.25) is 10.0 Å². The normalized spacial score (nSPS) is 18.2. The Morgan fingerprint density at radius 2 is 1.84 bits per heavy atom. The lowest BCUT2D eigenvalue weighted by Crippen LogP contribution is -2.32. The lowest BCUT2D eigenvalue weighted by atomic mass is 10.2. The highest BCUT2D eigenvalue weighted by Gasteiger charge is 2.33. The van der Waals surface area contributed by atoms with Crippen LogP contribution in [-0.4, -0.2) is 49.0 Å². The second-order valence-corrected chi connectivity index (χ2v) is 7.97. The Hall–Kier alpha value is -2.19. The van der Waals surface area contributed by atoms with Gasteiger partial charge in [0.25, 0.3) is 11.8 Å². The van der Waals surface area contributed by atoms with Crippen molar-refractivity contribution in [1.82, 2.24) is 14.3 Å². The van der Waals surface area contributed by atoms with Gasteiger partial charge in [-0.25, -0.2) is 18.4 Å². The quantitative estimate of drug-likeness (QED) is 0.778. The number of rotatable bonds is 6. The number of benzene rings is 1. The SMILES string of the molecule is COc1nccnc1OC1CCN(S(=O)(=O)Cc2ccc(C)cc2)C1. The number of aryl methyl sites for hydroxylation is 1. The largest absolute Gasteiger partial charge is 0.477 e. The molecule has 1 atom stereocenters. The maximum Gasteiger partial charge on any atom is 0.278 e. The van der Waals surface area contributed by atoms with E-state index in [2.05, 4.69) is 9.97 Å². The molecule has 0 spiro atoms. The standard InChI is InChI=1S/C17H21N3O4S/c1-13-3-5-14(6-4-13)12-25(21,22)20-10-7-15(11-20)24-17-16(23-2)18-8-9-19-17/h3-6,8-9,15H,7,10-12H2,1-2H3. The average molecular weight is 363 g/mol. The van der Waals surface area contributed by atoms with Crippen LogP contribution in [0.25, 0.3) is 0 Å². The lowest BCUT2D eigenvalue weighted by Gasteiger charge is -2.17. The average Bonchev–Trinajstić information content (AvgIpc) is 3.07. The van der Waals surface area contributed by atoms with E-state index in [-0.39, 0.29) is 17.7 Å². The van der Waals surface area contributed by atoms with Gasteiger partial charge in [-0.1, -0.05) is 29.8 Å². The molecule has 8 heteroatoms. The van der Waals surface area contributed by atoms with E-state index in [1.54, 1.807) is 0 Å². The molecule has 1 aliphatic heterocycles. The number of aromatic nitrogens is 2. The molecule has 1 aromatic heterocycles. The summed E-state index contributed by atoms with van der Waals surface area (Å²) < 4.78 is 37.6. The summed E-state index contributed by atoms with van der Waals surface area (Å²) >= 11 is 0. The van der Waals surface area contributed by atoms with E-state index < -0.39 is 10.0 Å². The molecule has 1 unspecified atom stereocenters. The predicted octanol–water partition coefficient (Wildman–Crippen LogP) is 1.78. The van der Waals surface area contributed by atoms with E-state index in [0.29, 0.717) is 25.4 Å². The molecule has 3 rings (SSSR count). The molecule has 134 valence electrons. The van der Waals surface area contributed by atoms with Gasteiger partial charge in [-0.3, -0.25) is 0 Å². The zero-order chi connectivity index (χ0) is 17.9. The Labute approximate surface area is 147 Å². The van der Waals surface area contributed by atoms with Gasteiger partial charge in [-0.05, 0) is 18.9 Å². The van der Waals surface area contributed by atoms with Crippen molar-refractivity contribution < 1.29 is 17.9 Å². The Balaban J connectivity index is 1.64. The van der Waals surface area contributed by atoms with Crippen LogP contribution in [-0.2, 0) is 15.8 Å². The third-order valence-corrected chi connectivity index (χ3v) is 5.89. The molecule has 1 saturated heterocycles. The van der Waals surface area contributed by atoms with Crippen LogP contribution in [0.15, 0.2) is 36.7 Å². The summed E-state index contributed by atoms with van der Waals surface area (Å²) in [6, 6.07) is 7.53. The van der Waals surface area contributed by atoms with E-state index in [9.17, 15) is 8.42 Å². The van der Waals surface area contributed by atoms with Crippen LogP contribution in [0.5, 0.6) is 11.8 Å². The van der Waals surface area contributed by atoms with Crippen molar-refractivity contribution in [2.75, 3.05) is 20.2 Å². The summed E-state index contributed by atoms with van der Waals surface area (Å²) in [5, 5.41) is 0. The van der Waals surface area contributed by atoms with Crippen molar-refractivity contribution in [3.63, 3.8) is 0 Å². The van der Waals surface area contributed by atoms with Gasteiger partial charge in [0, 0.05) is 18.9 Å². The second-order valence-electron chi connectivity index (χ2n) is 6.00. The molecule has 0 bridgehead atoms. The van der Waals surface area contributed by atoms with Crippen molar-refractivity contribution in [3.05, 3.63) is 47.8 Å². The van der Waals surface area contributed by atoms with Gasteiger partial charge in [0.05, 0.1) is 19.4 Å². The number of sulfonamides is 1. The van der Waals surface area contributed by atoms with Crippen LogP contribution in [0.3, 0.4) is 0 Å². The number of hydrogen-bond donors (Lipinski definition) is 0. The number of nitrogens with zero attached hydrogens (tertiary/aromatic N) is 3. The topological polar surface area (TPSA) is 81.6 Å². The molecule has 0 saturated carbocycles. The predicted molar refractivity (Wildman–Crippen MR) is 93.0 cm³/mol. The number of methoxy groups -OCH3 is 1. The third kappa shape index (κ3) is 4.26. The van der Waals surface area contributed by atoms with Crippen LogP contribution < -0.4 is 9.47 Å². The summed E-state index contributed by atoms with van der Waals surface area (Å²) in [6.07, 6.45) is 3.36. The molecule has 0 radical (unpaired) electrons. The first-order valence-corrected chi connectivity index (χ1v) is 9.64. The fraction of sp³-hybridized carbons (Fsp3) is 0.412. The highest BCUT2D eigenvalue weighted by Crippen LogP contribution is 2.25. The molecular weight excluding hydrogens is 342 g/mol. The van der Waals surface area contributed by atoms with Gasteiger partial charge in [0.15, 0.2) is 0 Å². The maximum absolute atomic E-state index is 12.6. The van der Waals surface area contributed by atoms with Gasteiger partial charge in [0.1, 0.15) is 6.10 Å². The van der Waals surface area contributed by atoms with Crippen molar-refractivity contribution in [2.45, 2.75) is 25.2 Å². The summed E-state index contributed by atoms with van der Waals surface area (Å²) in [5.74, 6) is 0.574. The van der Waals surface area contributed by atoms with Crippen LogP contribution in [0.2, 0.25) is 0 Å². The molecule has 2 aromatic rings. The Bertz CT molecular complexity index is 824. The first kappa shape index (κ1) is 17.6. The smallest absolute Gasteiger partial charge is 0.278 e. The van der Waals surface area contributed by atoms with Crippen molar-refractivity contribution >= 4 is 10.0 Å². The molecule has 1 aliphatic rings. The fourth-order valence-corrected chi connectivity index (χ4v) is 4.30. The lowest BCUT2D eigenvalue weighted by molar-refractivity contribution is 0.194. The summed E-state index contributed by atoms with van der Waals surface area (Å²) in [5.41, 5.74) is 1.89.